The Kier molecular flexibility index (Phi) is 7.81. The average Bonchev–Trinajstić information content (AvgIpc) is 2.45. The van der Waals surface area contributed by atoms with Crippen molar-refractivity contribution in [1.82, 2.24) is 0 Å². The summed E-state index contributed by atoms with van der Waals surface area (Å²) in [6, 6.07) is 6.34. The second kappa shape index (κ2) is 9.09. The first-order chi connectivity index (χ1) is 9.99. The van der Waals surface area contributed by atoms with Crippen LogP contribution in [0.25, 0.3) is 0 Å². The topological polar surface area (TPSA) is 26.3 Å². The third-order valence-corrected chi connectivity index (χ3v) is 4.03. The third kappa shape index (κ3) is 5.70. The molecule has 0 radical (unpaired) electrons. The SMILES string of the molecule is CCCC(C)c1ccc(OCC(=O)Cl)c(C(C)CCC)c1. The minimum atomic E-state index is -0.465. The molecule has 2 unspecified atom stereocenters. The van der Waals surface area contributed by atoms with Crippen LogP contribution in [0.15, 0.2) is 18.2 Å². The lowest BCUT2D eigenvalue weighted by Crippen LogP contribution is -2.08. The standard InChI is InChI=1S/C18H27ClO2/c1-5-7-13(3)15-9-10-17(21-12-18(19)20)16(11-15)14(4)8-6-2/h9-11,13-14H,5-8,12H2,1-4H3. The summed E-state index contributed by atoms with van der Waals surface area (Å²) < 4.78 is 5.58. The molecule has 0 N–H and O–H groups in total. The molecule has 1 rings (SSSR count). The Morgan fingerprint density at radius 3 is 2.33 bits per heavy atom. The number of benzene rings is 1. The maximum Gasteiger partial charge on any atom is 0.259 e. The molecule has 2 atom stereocenters. The Morgan fingerprint density at radius 2 is 1.76 bits per heavy atom. The summed E-state index contributed by atoms with van der Waals surface area (Å²) in [5.41, 5.74) is 2.54. The number of rotatable bonds is 9. The molecule has 0 fully saturated rings. The van der Waals surface area contributed by atoms with Crippen LogP contribution >= 0.6 is 11.6 Å². The first kappa shape index (κ1) is 18.0. The van der Waals surface area contributed by atoms with Gasteiger partial charge in [-0.15, -0.1) is 0 Å². The summed E-state index contributed by atoms with van der Waals surface area (Å²) in [5, 5.41) is -0.465. The number of ether oxygens (including phenoxy) is 1. The zero-order valence-electron chi connectivity index (χ0n) is 13.6. The van der Waals surface area contributed by atoms with E-state index >= 15 is 0 Å². The Balaban J connectivity index is 3.03. The van der Waals surface area contributed by atoms with Crippen LogP contribution in [-0.4, -0.2) is 11.8 Å². The number of carbonyl (C=O) groups is 1. The van der Waals surface area contributed by atoms with Gasteiger partial charge in [0.15, 0.2) is 6.61 Å². The fourth-order valence-electron chi connectivity index (χ4n) is 2.71. The summed E-state index contributed by atoms with van der Waals surface area (Å²) in [4.78, 5) is 10.9. The predicted octanol–water partition coefficient (Wildman–Crippen LogP) is 5.64. The Bertz CT molecular complexity index is 457. The molecule has 0 heterocycles. The van der Waals surface area contributed by atoms with Crippen molar-refractivity contribution in [2.24, 2.45) is 0 Å². The number of hydrogen-bond acceptors (Lipinski definition) is 2. The van der Waals surface area contributed by atoms with E-state index in [1.807, 2.05) is 6.07 Å². The molecule has 0 saturated heterocycles. The van der Waals surface area contributed by atoms with Crippen molar-refractivity contribution in [1.29, 1.82) is 0 Å². The third-order valence-electron chi connectivity index (χ3n) is 3.92. The Labute approximate surface area is 133 Å². The van der Waals surface area contributed by atoms with Gasteiger partial charge in [0.25, 0.3) is 5.24 Å². The molecule has 0 amide bonds. The zero-order chi connectivity index (χ0) is 15.8. The lowest BCUT2D eigenvalue weighted by atomic mass is 9.89. The van der Waals surface area contributed by atoms with Gasteiger partial charge in [0.2, 0.25) is 0 Å². The molecule has 1 aromatic rings. The maximum absolute atomic E-state index is 10.9. The van der Waals surface area contributed by atoms with Crippen LogP contribution in [0.3, 0.4) is 0 Å². The fraction of sp³-hybridized carbons (Fsp3) is 0.611. The van der Waals surface area contributed by atoms with E-state index in [0.717, 1.165) is 18.6 Å². The molecular weight excluding hydrogens is 284 g/mol. The molecule has 0 aliphatic heterocycles. The number of carbonyl (C=O) groups excluding carboxylic acids is 1. The highest BCUT2D eigenvalue weighted by atomic mass is 35.5. The molecule has 0 aliphatic rings. The van der Waals surface area contributed by atoms with E-state index in [1.54, 1.807) is 0 Å². The van der Waals surface area contributed by atoms with Gasteiger partial charge in [-0.3, -0.25) is 4.79 Å². The fourth-order valence-corrected chi connectivity index (χ4v) is 2.77. The van der Waals surface area contributed by atoms with Crippen molar-refractivity contribution in [3.63, 3.8) is 0 Å². The second-order valence-corrected chi connectivity index (χ2v) is 6.24. The largest absolute Gasteiger partial charge is 0.484 e. The summed E-state index contributed by atoms with van der Waals surface area (Å²) in [6.07, 6.45) is 4.60. The van der Waals surface area contributed by atoms with Gasteiger partial charge in [0.1, 0.15) is 5.75 Å². The predicted molar refractivity (Wildman–Crippen MR) is 89.4 cm³/mol. The van der Waals surface area contributed by atoms with Crippen LogP contribution in [0, 0.1) is 0 Å². The Hall–Kier alpha value is -1.02. The minimum absolute atomic E-state index is 0.0722. The van der Waals surface area contributed by atoms with Crippen molar-refractivity contribution in [2.45, 2.75) is 65.2 Å². The second-order valence-electron chi connectivity index (χ2n) is 5.82. The maximum atomic E-state index is 10.9. The van der Waals surface area contributed by atoms with Crippen LogP contribution in [0.5, 0.6) is 5.75 Å². The van der Waals surface area contributed by atoms with E-state index in [4.69, 9.17) is 16.3 Å². The van der Waals surface area contributed by atoms with Crippen molar-refractivity contribution in [2.75, 3.05) is 6.61 Å². The molecule has 1 aromatic carbocycles. The highest BCUT2D eigenvalue weighted by molar-refractivity contribution is 6.63. The molecule has 0 bridgehead atoms. The van der Waals surface area contributed by atoms with Gasteiger partial charge in [-0.05, 0) is 53.5 Å². The van der Waals surface area contributed by atoms with E-state index < -0.39 is 5.24 Å². The Morgan fingerprint density at radius 1 is 1.14 bits per heavy atom. The van der Waals surface area contributed by atoms with E-state index in [9.17, 15) is 4.79 Å². The quantitative estimate of drug-likeness (QED) is 0.552. The highest BCUT2D eigenvalue weighted by Gasteiger charge is 2.15. The summed E-state index contributed by atoms with van der Waals surface area (Å²) in [6.45, 7) is 8.79. The van der Waals surface area contributed by atoms with Crippen molar-refractivity contribution >= 4 is 16.8 Å². The average molecular weight is 311 g/mol. The monoisotopic (exact) mass is 310 g/mol. The van der Waals surface area contributed by atoms with Gasteiger partial charge < -0.3 is 4.74 Å². The van der Waals surface area contributed by atoms with Crippen molar-refractivity contribution in [3.8, 4) is 5.75 Å². The van der Waals surface area contributed by atoms with E-state index in [0.29, 0.717) is 11.8 Å². The lowest BCUT2D eigenvalue weighted by molar-refractivity contribution is -0.113. The van der Waals surface area contributed by atoms with E-state index in [1.165, 1.54) is 24.0 Å². The number of hydrogen-bond donors (Lipinski definition) is 0. The summed E-state index contributed by atoms with van der Waals surface area (Å²) in [5.74, 6) is 1.76. The number of halogens is 1. The molecule has 0 aromatic heterocycles. The molecule has 118 valence electrons. The van der Waals surface area contributed by atoms with Crippen LogP contribution < -0.4 is 4.74 Å². The lowest BCUT2D eigenvalue weighted by Gasteiger charge is -2.19. The molecule has 0 saturated carbocycles. The normalized spacial score (nSPS) is 13.8. The molecule has 0 aliphatic carbocycles. The summed E-state index contributed by atoms with van der Waals surface area (Å²) in [7, 11) is 0. The van der Waals surface area contributed by atoms with E-state index in [2.05, 4.69) is 39.8 Å². The smallest absolute Gasteiger partial charge is 0.259 e. The first-order valence-corrected chi connectivity index (χ1v) is 8.32. The molecule has 2 nitrogen and oxygen atoms in total. The van der Waals surface area contributed by atoms with Gasteiger partial charge in [-0.1, -0.05) is 52.7 Å². The zero-order valence-corrected chi connectivity index (χ0v) is 14.4. The van der Waals surface area contributed by atoms with Crippen LogP contribution in [-0.2, 0) is 4.79 Å². The molecule has 0 spiro atoms. The first-order valence-electron chi connectivity index (χ1n) is 7.94. The van der Waals surface area contributed by atoms with Gasteiger partial charge in [-0.2, -0.15) is 0 Å². The van der Waals surface area contributed by atoms with Gasteiger partial charge in [0, 0.05) is 0 Å². The molecular formula is C18H27ClO2. The van der Waals surface area contributed by atoms with Crippen molar-refractivity contribution in [3.05, 3.63) is 29.3 Å². The summed E-state index contributed by atoms with van der Waals surface area (Å²) >= 11 is 5.38. The van der Waals surface area contributed by atoms with E-state index in [-0.39, 0.29) is 6.61 Å². The molecule has 21 heavy (non-hydrogen) atoms. The highest BCUT2D eigenvalue weighted by Crippen LogP contribution is 2.33. The van der Waals surface area contributed by atoms with Gasteiger partial charge >= 0.3 is 0 Å². The van der Waals surface area contributed by atoms with Crippen LogP contribution in [0.4, 0.5) is 0 Å². The van der Waals surface area contributed by atoms with Crippen LogP contribution in [0.1, 0.15) is 76.3 Å². The molecule has 3 heteroatoms. The van der Waals surface area contributed by atoms with Crippen molar-refractivity contribution < 1.29 is 9.53 Å². The van der Waals surface area contributed by atoms with Gasteiger partial charge in [-0.25, -0.2) is 0 Å². The van der Waals surface area contributed by atoms with Crippen LogP contribution in [0.2, 0.25) is 0 Å². The van der Waals surface area contributed by atoms with Gasteiger partial charge in [0.05, 0.1) is 0 Å². The minimum Gasteiger partial charge on any atom is -0.484 e.